The number of nitriles is 1. The first-order chi connectivity index (χ1) is 8.33. The lowest BCUT2D eigenvalue weighted by Crippen LogP contribution is -2.32. The van der Waals surface area contributed by atoms with Gasteiger partial charge in [0.1, 0.15) is 11.9 Å². The van der Waals surface area contributed by atoms with Crippen molar-refractivity contribution < 1.29 is 0 Å². The van der Waals surface area contributed by atoms with Crippen LogP contribution in [0.1, 0.15) is 44.7 Å². The summed E-state index contributed by atoms with van der Waals surface area (Å²) in [6.45, 7) is 2.25. The summed E-state index contributed by atoms with van der Waals surface area (Å²) >= 11 is 0. The SMILES string of the molecule is CCC1CCCCC1Nc1cnc(C#N)cn1. The molecule has 2 unspecified atom stereocenters. The van der Waals surface area contributed by atoms with Gasteiger partial charge in [0.25, 0.3) is 0 Å². The van der Waals surface area contributed by atoms with Crippen LogP contribution < -0.4 is 5.32 Å². The van der Waals surface area contributed by atoms with E-state index in [0.717, 1.165) is 11.7 Å². The zero-order chi connectivity index (χ0) is 12.1. The number of hydrogen-bond acceptors (Lipinski definition) is 4. The van der Waals surface area contributed by atoms with Crippen LogP contribution in [-0.4, -0.2) is 16.0 Å². The average Bonchev–Trinajstić information content (AvgIpc) is 2.40. The van der Waals surface area contributed by atoms with E-state index in [9.17, 15) is 0 Å². The first-order valence-electron chi connectivity index (χ1n) is 6.32. The zero-order valence-electron chi connectivity index (χ0n) is 10.2. The quantitative estimate of drug-likeness (QED) is 0.867. The molecule has 1 aromatic rings. The molecule has 0 spiro atoms. The molecule has 17 heavy (non-hydrogen) atoms. The Morgan fingerprint density at radius 2 is 2.18 bits per heavy atom. The molecule has 0 bridgehead atoms. The fourth-order valence-corrected chi connectivity index (χ4v) is 2.54. The molecule has 0 amide bonds. The summed E-state index contributed by atoms with van der Waals surface area (Å²) in [4.78, 5) is 8.24. The number of nitrogens with one attached hydrogen (secondary N) is 1. The maximum Gasteiger partial charge on any atom is 0.158 e. The highest BCUT2D eigenvalue weighted by molar-refractivity contribution is 5.34. The second-order valence-corrected chi connectivity index (χ2v) is 4.60. The van der Waals surface area contributed by atoms with E-state index in [-0.39, 0.29) is 0 Å². The molecular formula is C13H18N4. The number of hydrogen-bond donors (Lipinski definition) is 1. The third-order valence-electron chi connectivity index (χ3n) is 3.53. The first kappa shape index (κ1) is 11.8. The fourth-order valence-electron chi connectivity index (χ4n) is 2.54. The van der Waals surface area contributed by atoms with Crippen LogP contribution in [-0.2, 0) is 0 Å². The third-order valence-corrected chi connectivity index (χ3v) is 3.53. The Labute approximate surface area is 102 Å². The predicted molar refractivity (Wildman–Crippen MR) is 66.4 cm³/mol. The molecule has 1 fully saturated rings. The molecule has 0 radical (unpaired) electrons. The highest BCUT2D eigenvalue weighted by Gasteiger charge is 2.23. The van der Waals surface area contributed by atoms with Crippen LogP contribution in [0.3, 0.4) is 0 Å². The largest absolute Gasteiger partial charge is 0.366 e. The summed E-state index contributed by atoms with van der Waals surface area (Å²) in [6.07, 6.45) is 9.53. The van der Waals surface area contributed by atoms with Gasteiger partial charge in [-0.3, -0.25) is 0 Å². The van der Waals surface area contributed by atoms with Crippen molar-refractivity contribution in [1.29, 1.82) is 5.26 Å². The summed E-state index contributed by atoms with van der Waals surface area (Å²) in [5.74, 6) is 1.52. The van der Waals surface area contributed by atoms with Crippen molar-refractivity contribution >= 4 is 5.82 Å². The van der Waals surface area contributed by atoms with Gasteiger partial charge >= 0.3 is 0 Å². The third kappa shape index (κ3) is 2.94. The van der Waals surface area contributed by atoms with Crippen LogP contribution >= 0.6 is 0 Å². The molecule has 0 saturated heterocycles. The molecule has 1 N–H and O–H groups in total. The van der Waals surface area contributed by atoms with Crippen LogP contribution in [0.4, 0.5) is 5.82 Å². The number of nitrogens with zero attached hydrogens (tertiary/aromatic N) is 3. The molecule has 1 aliphatic rings. The fraction of sp³-hybridized carbons (Fsp3) is 0.615. The van der Waals surface area contributed by atoms with Crippen molar-refractivity contribution in [3.05, 3.63) is 18.1 Å². The monoisotopic (exact) mass is 230 g/mol. The molecule has 2 atom stereocenters. The molecule has 4 heteroatoms. The molecular weight excluding hydrogens is 212 g/mol. The number of anilines is 1. The molecule has 1 aliphatic carbocycles. The summed E-state index contributed by atoms with van der Waals surface area (Å²) in [5, 5.41) is 12.1. The van der Waals surface area contributed by atoms with Crippen molar-refractivity contribution in [2.75, 3.05) is 5.32 Å². The summed E-state index contributed by atoms with van der Waals surface area (Å²) in [5.41, 5.74) is 0.367. The lowest BCUT2D eigenvalue weighted by atomic mass is 9.83. The van der Waals surface area contributed by atoms with Gasteiger partial charge < -0.3 is 5.32 Å². The standard InChI is InChI=1S/C13H18N4/c1-2-10-5-3-4-6-12(10)17-13-9-15-11(7-14)8-16-13/h8-10,12H,2-6H2,1H3,(H,16,17). The maximum atomic E-state index is 8.66. The molecule has 1 aromatic heterocycles. The Bertz CT molecular complexity index is 393. The van der Waals surface area contributed by atoms with E-state index < -0.39 is 0 Å². The number of rotatable bonds is 3. The second kappa shape index (κ2) is 5.62. The summed E-state index contributed by atoms with van der Waals surface area (Å²) in [7, 11) is 0. The van der Waals surface area contributed by atoms with E-state index >= 15 is 0 Å². The molecule has 0 aliphatic heterocycles. The lowest BCUT2D eigenvalue weighted by Gasteiger charge is -2.31. The van der Waals surface area contributed by atoms with Gasteiger partial charge in [-0.05, 0) is 18.8 Å². The Balaban J connectivity index is 2.01. The Morgan fingerprint density at radius 3 is 2.82 bits per heavy atom. The minimum Gasteiger partial charge on any atom is -0.366 e. The highest BCUT2D eigenvalue weighted by atomic mass is 15.0. The molecule has 90 valence electrons. The van der Waals surface area contributed by atoms with E-state index in [1.54, 1.807) is 6.20 Å². The Hall–Kier alpha value is -1.63. The maximum absolute atomic E-state index is 8.66. The Morgan fingerprint density at radius 1 is 1.35 bits per heavy atom. The lowest BCUT2D eigenvalue weighted by molar-refractivity contribution is 0.317. The molecule has 4 nitrogen and oxygen atoms in total. The average molecular weight is 230 g/mol. The molecule has 1 heterocycles. The Kier molecular flexibility index (Phi) is 3.92. The van der Waals surface area contributed by atoms with E-state index in [1.165, 1.54) is 38.3 Å². The van der Waals surface area contributed by atoms with Crippen molar-refractivity contribution in [2.45, 2.75) is 45.1 Å². The number of aromatic nitrogens is 2. The minimum absolute atomic E-state index is 0.367. The van der Waals surface area contributed by atoms with E-state index in [2.05, 4.69) is 22.2 Å². The van der Waals surface area contributed by atoms with Gasteiger partial charge in [-0.2, -0.15) is 5.26 Å². The molecule has 2 rings (SSSR count). The second-order valence-electron chi connectivity index (χ2n) is 4.60. The highest BCUT2D eigenvalue weighted by Crippen LogP contribution is 2.28. The normalized spacial score (nSPS) is 24.0. The van der Waals surface area contributed by atoms with Crippen LogP contribution in [0, 0.1) is 17.2 Å². The van der Waals surface area contributed by atoms with Gasteiger partial charge in [-0.15, -0.1) is 0 Å². The van der Waals surface area contributed by atoms with Crippen molar-refractivity contribution in [3.8, 4) is 6.07 Å². The molecule has 1 saturated carbocycles. The topological polar surface area (TPSA) is 61.6 Å². The van der Waals surface area contributed by atoms with Crippen molar-refractivity contribution in [1.82, 2.24) is 9.97 Å². The van der Waals surface area contributed by atoms with E-state index in [1.807, 2.05) is 6.07 Å². The van der Waals surface area contributed by atoms with Crippen LogP contribution in [0.2, 0.25) is 0 Å². The predicted octanol–water partition coefficient (Wildman–Crippen LogP) is 2.73. The minimum atomic E-state index is 0.367. The zero-order valence-corrected chi connectivity index (χ0v) is 10.2. The van der Waals surface area contributed by atoms with E-state index in [4.69, 9.17) is 5.26 Å². The van der Waals surface area contributed by atoms with Gasteiger partial charge in [0, 0.05) is 6.04 Å². The summed E-state index contributed by atoms with van der Waals surface area (Å²) < 4.78 is 0. The molecule has 0 aromatic carbocycles. The van der Waals surface area contributed by atoms with Gasteiger partial charge in [0.15, 0.2) is 5.69 Å². The summed E-state index contributed by atoms with van der Waals surface area (Å²) in [6, 6.07) is 2.49. The van der Waals surface area contributed by atoms with Gasteiger partial charge in [-0.25, -0.2) is 9.97 Å². The van der Waals surface area contributed by atoms with Crippen LogP contribution in [0.15, 0.2) is 12.4 Å². The first-order valence-corrected chi connectivity index (χ1v) is 6.32. The van der Waals surface area contributed by atoms with Crippen molar-refractivity contribution in [3.63, 3.8) is 0 Å². The van der Waals surface area contributed by atoms with Crippen LogP contribution in [0.25, 0.3) is 0 Å². The van der Waals surface area contributed by atoms with Gasteiger partial charge in [0.05, 0.1) is 12.4 Å². The van der Waals surface area contributed by atoms with E-state index in [0.29, 0.717) is 11.7 Å². The van der Waals surface area contributed by atoms with Gasteiger partial charge in [-0.1, -0.05) is 26.2 Å². The smallest absolute Gasteiger partial charge is 0.158 e. The van der Waals surface area contributed by atoms with Crippen molar-refractivity contribution in [2.24, 2.45) is 5.92 Å². The van der Waals surface area contributed by atoms with Crippen LogP contribution in [0.5, 0.6) is 0 Å². The van der Waals surface area contributed by atoms with Gasteiger partial charge in [0.2, 0.25) is 0 Å².